The SMILES string of the molecule is COC(O)/C=C/c1ccc(C(=O)O)cc1. The molecule has 0 radical (unpaired) electrons. The molecular weight excluding hydrogens is 196 g/mol. The van der Waals surface area contributed by atoms with E-state index in [0.717, 1.165) is 5.56 Å². The Balaban J connectivity index is 2.72. The van der Waals surface area contributed by atoms with E-state index in [0.29, 0.717) is 0 Å². The number of aliphatic hydroxyl groups excluding tert-OH is 1. The number of carboxylic acids is 1. The number of hydrogen-bond acceptors (Lipinski definition) is 3. The number of hydrogen-bond donors (Lipinski definition) is 2. The molecule has 0 bridgehead atoms. The van der Waals surface area contributed by atoms with Crippen molar-refractivity contribution in [3.63, 3.8) is 0 Å². The monoisotopic (exact) mass is 208 g/mol. The largest absolute Gasteiger partial charge is 0.478 e. The smallest absolute Gasteiger partial charge is 0.335 e. The summed E-state index contributed by atoms with van der Waals surface area (Å²) < 4.78 is 4.61. The summed E-state index contributed by atoms with van der Waals surface area (Å²) in [5.41, 5.74) is 1.04. The second kappa shape index (κ2) is 5.29. The fourth-order valence-electron chi connectivity index (χ4n) is 1.01. The molecular formula is C11H12O4. The number of benzene rings is 1. The van der Waals surface area contributed by atoms with Gasteiger partial charge >= 0.3 is 5.97 Å². The van der Waals surface area contributed by atoms with Gasteiger partial charge in [-0.05, 0) is 23.8 Å². The summed E-state index contributed by atoms with van der Waals surface area (Å²) in [6.45, 7) is 0. The van der Waals surface area contributed by atoms with E-state index >= 15 is 0 Å². The molecule has 1 rings (SSSR count). The van der Waals surface area contributed by atoms with E-state index in [-0.39, 0.29) is 5.56 Å². The molecule has 0 spiro atoms. The van der Waals surface area contributed by atoms with Gasteiger partial charge in [0.25, 0.3) is 0 Å². The molecule has 1 aromatic rings. The normalized spacial score (nSPS) is 12.9. The Hall–Kier alpha value is -1.65. The first-order valence-electron chi connectivity index (χ1n) is 4.36. The van der Waals surface area contributed by atoms with Crippen molar-refractivity contribution >= 4 is 12.0 Å². The van der Waals surface area contributed by atoms with Crippen molar-refractivity contribution in [2.24, 2.45) is 0 Å². The van der Waals surface area contributed by atoms with E-state index in [9.17, 15) is 4.79 Å². The van der Waals surface area contributed by atoms with Crippen molar-refractivity contribution < 1.29 is 19.7 Å². The first-order valence-corrected chi connectivity index (χ1v) is 4.36. The van der Waals surface area contributed by atoms with Gasteiger partial charge in [-0.1, -0.05) is 18.2 Å². The first-order chi connectivity index (χ1) is 7.13. The zero-order valence-electron chi connectivity index (χ0n) is 8.25. The van der Waals surface area contributed by atoms with Gasteiger partial charge in [-0.15, -0.1) is 0 Å². The van der Waals surface area contributed by atoms with Crippen LogP contribution >= 0.6 is 0 Å². The Bertz CT molecular complexity index is 353. The third kappa shape index (κ3) is 3.53. The number of rotatable bonds is 4. The van der Waals surface area contributed by atoms with Crippen LogP contribution in [0.15, 0.2) is 30.3 Å². The molecule has 0 aliphatic carbocycles. The lowest BCUT2D eigenvalue weighted by Crippen LogP contribution is -2.03. The van der Waals surface area contributed by atoms with Crippen molar-refractivity contribution in [1.82, 2.24) is 0 Å². The number of aromatic carboxylic acids is 1. The molecule has 15 heavy (non-hydrogen) atoms. The van der Waals surface area contributed by atoms with Crippen LogP contribution in [-0.2, 0) is 4.74 Å². The highest BCUT2D eigenvalue weighted by Gasteiger charge is 2.00. The zero-order chi connectivity index (χ0) is 11.3. The van der Waals surface area contributed by atoms with Crippen molar-refractivity contribution in [2.45, 2.75) is 6.29 Å². The van der Waals surface area contributed by atoms with Crippen LogP contribution in [0, 0.1) is 0 Å². The molecule has 0 amide bonds. The summed E-state index contributed by atoms with van der Waals surface area (Å²) >= 11 is 0. The lowest BCUT2D eigenvalue weighted by molar-refractivity contribution is -0.0350. The van der Waals surface area contributed by atoms with Crippen LogP contribution in [0.2, 0.25) is 0 Å². The Morgan fingerprint density at radius 1 is 1.40 bits per heavy atom. The molecule has 0 saturated heterocycles. The lowest BCUT2D eigenvalue weighted by Gasteiger charge is -2.00. The second-order valence-electron chi connectivity index (χ2n) is 2.91. The van der Waals surface area contributed by atoms with E-state index < -0.39 is 12.3 Å². The fraction of sp³-hybridized carbons (Fsp3) is 0.182. The van der Waals surface area contributed by atoms with Gasteiger partial charge in [-0.3, -0.25) is 0 Å². The Morgan fingerprint density at radius 2 is 2.00 bits per heavy atom. The summed E-state index contributed by atoms with van der Waals surface area (Å²) in [6, 6.07) is 6.31. The summed E-state index contributed by atoms with van der Waals surface area (Å²) in [5, 5.41) is 17.7. The summed E-state index contributed by atoms with van der Waals surface area (Å²) in [4.78, 5) is 10.5. The number of carbonyl (C=O) groups is 1. The van der Waals surface area contributed by atoms with Crippen molar-refractivity contribution in [2.75, 3.05) is 7.11 Å². The predicted octanol–water partition coefficient (Wildman–Crippen LogP) is 1.36. The zero-order valence-corrected chi connectivity index (χ0v) is 8.25. The molecule has 1 aromatic carbocycles. The Labute approximate surface area is 87.4 Å². The second-order valence-corrected chi connectivity index (χ2v) is 2.91. The van der Waals surface area contributed by atoms with Crippen LogP contribution in [0.4, 0.5) is 0 Å². The van der Waals surface area contributed by atoms with Gasteiger partial charge in [0.05, 0.1) is 5.56 Å². The quantitative estimate of drug-likeness (QED) is 0.733. The number of carboxylic acid groups (broad SMARTS) is 1. The van der Waals surface area contributed by atoms with Gasteiger partial charge in [0.15, 0.2) is 6.29 Å². The molecule has 0 heterocycles. The highest BCUT2D eigenvalue weighted by atomic mass is 16.6. The van der Waals surface area contributed by atoms with E-state index in [2.05, 4.69) is 4.74 Å². The molecule has 0 aliphatic rings. The molecule has 80 valence electrons. The highest BCUT2D eigenvalue weighted by molar-refractivity contribution is 5.87. The van der Waals surface area contributed by atoms with Gasteiger partial charge < -0.3 is 14.9 Å². The maximum absolute atomic E-state index is 10.5. The minimum Gasteiger partial charge on any atom is -0.478 e. The maximum atomic E-state index is 10.5. The van der Waals surface area contributed by atoms with Crippen LogP contribution < -0.4 is 0 Å². The highest BCUT2D eigenvalue weighted by Crippen LogP contribution is 2.06. The van der Waals surface area contributed by atoms with Gasteiger partial charge in [-0.2, -0.15) is 0 Å². The van der Waals surface area contributed by atoms with Crippen LogP contribution in [0.25, 0.3) is 6.08 Å². The topological polar surface area (TPSA) is 66.8 Å². The lowest BCUT2D eigenvalue weighted by atomic mass is 10.1. The molecule has 0 saturated carbocycles. The minimum absolute atomic E-state index is 0.236. The standard InChI is InChI=1S/C11H12O4/c1-15-10(12)7-4-8-2-5-9(6-3-8)11(13)14/h2-7,10,12H,1H3,(H,13,14)/b7-4+. The number of ether oxygens (including phenoxy) is 1. The Kier molecular flexibility index (Phi) is 4.03. The van der Waals surface area contributed by atoms with Gasteiger partial charge in [-0.25, -0.2) is 4.79 Å². The van der Waals surface area contributed by atoms with Gasteiger partial charge in [0.1, 0.15) is 0 Å². The van der Waals surface area contributed by atoms with Crippen LogP contribution in [0.5, 0.6) is 0 Å². The maximum Gasteiger partial charge on any atom is 0.335 e. The van der Waals surface area contributed by atoms with Crippen LogP contribution in [-0.4, -0.2) is 29.6 Å². The Morgan fingerprint density at radius 3 is 2.47 bits per heavy atom. The van der Waals surface area contributed by atoms with E-state index in [4.69, 9.17) is 10.2 Å². The van der Waals surface area contributed by atoms with E-state index in [1.54, 1.807) is 18.2 Å². The third-order valence-corrected chi connectivity index (χ3v) is 1.85. The van der Waals surface area contributed by atoms with Crippen LogP contribution in [0.3, 0.4) is 0 Å². The summed E-state index contributed by atoms with van der Waals surface area (Å²) in [7, 11) is 1.39. The minimum atomic E-state index is -0.956. The molecule has 4 heteroatoms. The number of methoxy groups -OCH3 is 1. The molecule has 0 aromatic heterocycles. The average molecular weight is 208 g/mol. The molecule has 0 fully saturated rings. The summed E-state index contributed by atoms with van der Waals surface area (Å²) in [6.07, 6.45) is 2.18. The van der Waals surface area contributed by atoms with Crippen molar-refractivity contribution in [1.29, 1.82) is 0 Å². The molecule has 0 aliphatic heterocycles. The van der Waals surface area contributed by atoms with Crippen LogP contribution in [0.1, 0.15) is 15.9 Å². The fourth-order valence-corrected chi connectivity index (χ4v) is 1.01. The van der Waals surface area contributed by atoms with Crippen molar-refractivity contribution in [3.8, 4) is 0 Å². The van der Waals surface area contributed by atoms with E-state index in [1.807, 2.05) is 0 Å². The molecule has 1 atom stereocenters. The van der Waals surface area contributed by atoms with Gasteiger partial charge in [0.2, 0.25) is 0 Å². The van der Waals surface area contributed by atoms with E-state index in [1.165, 1.54) is 25.3 Å². The average Bonchev–Trinajstić information content (AvgIpc) is 2.26. The van der Waals surface area contributed by atoms with Crippen molar-refractivity contribution in [3.05, 3.63) is 41.5 Å². The third-order valence-electron chi connectivity index (χ3n) is 1.85. The van der Waals surface area contributed by atoms with Gasteiger partial charge in [0, 0.05) is 7.11 Å². The molecule has 1 unspecified atom stereocenters. The molecule has 2 N–H and O–H groups in total. The first kappa shape index (κ1) is 11.4. The summed E-state index contributed by atoms with van der Waals surface area (Å²) in [5.74, 6) is -0.956. The number of aliphatic hydroxyl groups is 1. The molecule has 4 nitrogen and oxygen atoms in total. The predicted molar refractivity (Wildman–Crippen MR) is 55.5 cm³/mol.